The van der Waals surface area contributed by atoms with Crippen molar-refractivity contribution in [2.45, 2.75) is 31.7 Å². The molecule has 2 amide bonds. The number of carbonyl (C=O) groups excluding carboxylic acids is 2. The number of imidazole rings is 1. The fraction of sp³-hybridized carbons (Fsp3) is 0.344. The zero-order chi connectivity index (χ0) is 32.1. The van der Waals surface area contributed by atoms with E-state index in [9.17, 15) is 18.0 Å². The first-order chi connectivity index (χ1) is 21.7. The summed E-state index contributed by atoms with van der Waals surface area (Å²) in [5.41, 5.74) is 8.08. The number of fused-ring (bicyclic) bond motifs is 1. The maximum Gasteiger partial charge on any atom is 0.259 e. The van der Waals surface area contributed by atoms with Crippen LogP contribution in [0.15, 0.2) is 65.8 Å². The summed E-state index contributed by atoms with van der Waals surface area (Å²) in [6, 6.07) is 15.0. The molecule has 2 heterocycles. The van der Waals surface area contributed by atoms with Crippen LogP contribution >= 0.6 is 0 Å². The van der Waals surface area contributed by atoms with Crippen molar-refractivity contribution in [2.75, 3.05) is 51.8 Å². The monoisotopic (exact) mass is 634 g/mol. The predicted molar refractivity (Wildman–Crippen MR) is 171 cm³/mol. The fourth-order valence-electron chi connectivity index (χ4n) is 5.36. The molecule has 1 saturated heterocycles. The number of carbonyl (C=O) groups is 2. The number of para-hydroxylation sites is 1. The van der Waals surface area contributed by atoms with E-state index in [1.165, 1.54) is 22.5 Å². The number of rotatable bonds is 12. The second kappa shape index (κ2) is 13.7. The standard InChI is InChI=1S/C32H38N6O6S/c1-4-16-44-30-11-10-23(45(41,42)38-14-12-36(5-2)13-15-38)17-25(30)32(40)35-26-19-27-28(18-24(26)31(33)39)37(21-34-27)20-22-8-6-7-9-29(22)43-3/h6-11,17-19,21H,4-5,12-16,20H2,1-3H3,(H2,33,39)(H,35,40). The molecule has 1 fully saturated rings. The Morgan fingerprint density at radius 2 is 1.73 bits per heavy atom. The molecule has 1 aromatic heterocycles. The molecule has 0 aliphatic carbocycles. The smallest absolute Gasteiger partial charge is 0.259 e. The predicted octanol–water partition coefficient (Wildman–Crippen LogP) is 3.56. The van der Waals surface area contributed by atoms with E-state index in [0.29, 0.717) is 62.5 Å². The molecule has 238 valence electrons. The van der Waals surface area contributed by atoms with Crippen LogP contribution in [0.4, 0.5) is 5.69 Å². The molecule has 3 aromatic carbocycles. The van der Waals surface area contributed by atoms with Gasteiger partial charge >= 0.3 is 0 Å². The zero-order valence-electron chi connectivity index (χ0n) is 25.7. The van der Waals surface area contributed by atoms with Crippen LogP contribution in [0.2, 0.25) is 0 Å². The maximum atomic E-state index is 13.8. The summed E-state index contributed by atoms with van der Waals surface area (Å²) in [6.07, 6.45) is 2.32. The molecule has 0 spiro atoms. The Labute approximate surface area is 262 Å². The summed E-state index contributed by atoms with van der Waals surface area (Å²) >= 11 is 0. The quantitative estimate of drug-likeness (QED) is 0.240. The number of piperazine rings is 1. The molecule has 0 radical (unpaired) electrons. The average Bonchev–Trinajstić information content (AvgIpc) is 3.44. The minimum Gasteiger partial charge on any atom is -0.496 e. The molecule has 1 aliphatic heterocycles. The minimum absolute atomic E-state index is 0.0119. The van der Waals surface area contributed by atoms with Crippen LogP contribution in [0.1, 0.15) is 46.5 Å². The van der Waals surface area contributed by atoms with Crippen LogP contribution in [0.3, 0.4) is 0 Å². The largest absolute Gasteiger partial charge is 0.496 e. The number of sulfonamides is 1. The summed E-state index contributed by atoms with van der Waals surface area (Å²) in [6.45, 7) is 7.55. The second-order valence-corrected chi connectivity index (χ2v) is 12.7. The molecule has 1 aliphatic rings. The molecule has 45 heavy (non-hydrogen) atoms. The number of likely N-dealkylation sites (N-methyl/N-ethyl adjacent to an activating group) is 1. The molecule has 5 rings (SSSR count). The van der Waals surface area contributed by atoms with E-state index in [-0.39, 0.29) is 27.5 Å². The van der Waals surface area contributed by atoms with Gasteiger partial charge < -0.3 is 30.0 Å². The number of methoxy groups -OCH3 is 1. The number of nitrogens with two attached hydrogens (primary N) is 1. The van der Waals surface area contributed by atoms with Gasteiger partial charge in [0.05, 0.1) is 59.3 Å². The Hall–Kier alpha value is -4.46. The van der Waals surface area contributed by atoms with Crippen molar-refractivity contribution in [3.63, 3.8) is 0 Å². The molecule has 3 N–H and O–H groups in total. The van der Waals surface area contributed by atoms with Gasteiger partial charge in [-0.15, -0.1) is 0 Å². The summed E-state index contributed by atoms with van der Waals surface area (Å²) < 4.78 is 41.7. The number of aromatic nitrogens is 2. The van der Waals surface area contributed by atoms with E-state index in [0.717, 1.165) is 12.1 Å². The Balaban J connectivity index is 1.47. The molecule has 0 bridgehead atoms. The number of nitrogens with zero attached hydrogens (tertiary/aromatic N) is 4. The number of hydrogen-bond acceptors (Lipinski definition) is 8. The minimum atomic E-state index is -3.86. The number of anilines is 1. The van der Waals surface area contributed by atoms with E-state index >= 15 is 0 Å². The van der Waals surface area contributed by atoms with Gasteiger partial charge in [-0.05, 0) is 49.4 Å². The lowest BCUT2D eigenvalue weighted by Gasteiger charge is -2.33. The highest BCUT2D eigenvalue weighted by Gasteiger charge is 2.30. The van der Waals surface area contributed by atoms with Crippen molar-refractivity contribution in [3.05, 3.63) is 77.6 Å². The third kappa shape index (κ3) is 6.80. The van der Waals surface area contributed by atoms with Crippen LogP contribution in [-0.4, -0.2) is 85.4 Å². The van der Waals surface area contributed by atoms with Crippen LogP contribution < -0.4 is 20.5 Å². The molecular weight excluding hydrogens is 596 g/mol. The van der Waals surface area contributed by atoms with Gasteiger partial charge in [0.25, 0.3) is 11.8 Å². The number of hydrogen-bond donors (Lipinski definition) is 2. The first kappa shape index (κ1) is 31.9. The molecule has 13 heteroatoms. The van der Waals surface area contributed by atoms with Crippen LogP contribution in [-0.2, 0) is 16.6 Å². The molecule has 12 nitrogen and oxygen atoms in total. The molecule has 0 saturated carbocycles. The van der Waals surface area contributed by atoms with Gasteiger partial charge in [-0.25, -0.2) is 13.4 Å². The van der Waals surface area contributed by atoms with Gasteiger partial charge in [0.2, 0.25) is 10.0 Å². The lowest BCUT2D eigenvalue weighted by atomic mass is 10.1. The van der Waals surface area contributed by atoms with Crippen LogP contribution in [0, 0.1) is 0 Å². The van der Waals surface area contributed by atoms with Crippen molar-refractivity contribution < 1.29 is 27.5 Å². The molecule has 0 atom stereocenters. The number of benzene rings is 3. The summed E-state index contributed by atoms with van der Waals surface area (Å²) in [5.74, 6) is -0.453. The lowest BCUT2D eigenvalue weighted by molar-refractivity contribution is 0.100. The number of ether oxygens (including phenoxy) is 2. The Morgan fingerprint density at radius 1 is 0.978 bits per heavy atom. The average molecular weight is 635 g/mol. The molecule has 4 aromatic rings. The highest BCUT2D eigenvalue weighted by Crippen LogP contribution is 2.30. The van der Waals surface area contributed by atoms with Gasteiger partial charge in [0, 0.05) is 31.7 Å². The van der Waals surface area contributed by atoms with Gasteiger partial charge in [0.15, 0.2) is 0 Å². The van der Waals surface area contributed by atoms with E-state index in [1.54, 1.807) is 25.6 Å². The first-order valence-electron chi connectivity index (χ1n) is 14.9. The van der Waals surface area contributed by atoms with Gasteiger partial charge in [-0.2, -0.15) is 4.31 Å². The van der Waals surface area contributed by atoms with E-state index < -0.39 is 21.8 Å². The van der Waals surface area contributed by atoms with Crippen molar-refractivity contribution in [3.8, 4) is 11.5 Å². The first-order valence-corrected chi connectivity index (χ1v) is 16.3. The Bertz CT molecular complexity index is 1810. The molecular formula is C32H38N6O6S. The number of nitrogens with one attached hydrogen (secondary N) is 1. The SMILES string of the molecule is CCCOc1ccc(S(=O)(=O)N2CCN(CC)CC2)cc1C(=O)Nc1cc2ncn(Cc3ccccc3OC)c2cc1C(N)=O. The van der Waals surface area contributed by atoms with Gasteiger partial charge in [-0.1, -0.05) is 32.0 Å². The maximum absolute atomic E-state index is 13.8. The normalized spacial score (nSPS) is 14.4. The summed E-state index contributed by atoms with van der Waals surface area (Å²) in [4.78, 5) is 33.0. The van der Waals surface area contributed by atoms with Gasteiger partial charge in [0.1, 0.15) is 11.5 Å². The topological polar surface area (TPSA) is 149 Å². The number of primary amides is 1. The fourth-order valence-corrected chi connectivity index (χ4v) is 6.81. The van der Waals surface area contributed by atoms with Crippen molar-refractivity contribution in [2.24, 2.45) is 5.73 Å². The van der Waals surface area contributed by atoms with Crippen LogP contribution in [0.25, 0.3) is 11.0 Å². The number of amides is 2. The summed E-state index contributed by atoms with van der Waals surface area (Å²) in [7, 11) is -2.26. The van der Waals surface area contributed by atoms with Crippen molar-refractivity contribution in [1.29, 1.82) is 0 Å². The molecule has 0 unspecified atom stereocenters. The van der Waals surface area contributed by atoms with Crippen molar-refractivity contribution >= 4 is 38.6 Å². The highest BCUT2D eigenvalue weighted by atomic mass is 32.2. The van der Waals surface area contributed by atoms with Gasteiger partial charge in [-0.3, -0.25) is 9.59 Å². The Morgan fingerprint density at radius 3 is 2.42 bits per heavy atom. The van der Waals surface area contributed by atoms with Crippen LogP contribution in [0.5, 0.6) is 11.5 Å². The Kier molecular flexibility index (Phi) is 9.71. The van der Waals surface area contributed by atoms with E-state index in [1.807, 2.05) is 42.7 Å². The third-order valence-corrected chi connectivity index (χ3v) is 9.78. The van der Waals surface area contributed by atoms with Crippen molar-refractivity contribution in [1.82, 2.24) is 18.8 Å². The highest BCUT2D eigenvalue weighted by molar-refractivity contribution is 7.89. The summed E-state index contributed by atoms with van der Waals surface area (Å²) in [5, 5.41) is 2.76. The zero-order valence-corrected chi connectivity index (χ0v) is 26.5. The van der Waals surface area contributed by atoms with E-state index in [4.69, 9.17) is 15.2 Å². The van der Waals surface area contributed by atoms with E-state index in [2.05, 4.69) is 15.2 Å². The second-order valence-electron chi connectivity index (χ2n) is 10.7. The lowest BCUT2D eigenvalue weighted by Crippen LogP contribution is -2.48. The third-order valence-electron chi connectivity index (χ3n) is 7.88.